The minimum atomic E-state index is -3.53. The highest BCUT2D eigenvalue weighted by Gasteiger charge is 2.30. The standard InChI is InChI=1S/C20H20ClN5O3S/c21-15-6-8-16(9-7-15)29-18-14-23-20(22)24-19(18)25-10-12-26(13-11-25)30(27,28)17-4-2-1-3-5-17/h1-9,14H,10-13H2,(H2,22,23,24). The van der Waals surface area contributed by atoms with E-state index in [9.17, 15) is 8.42 Å². The number of rotatable bonds is 5. The van der Waals surface area contributed by atoms with Gasteiger partial charge in [-0.2, -0.15) is 9.29 Å². The van der Waals surface area contributed by atoms with E-state index in [1.54, 1.807) is 54.6 Å². The number of benzene rings is 2. The second kappa shape index (κ2) is 8.47. The zero-order valence-corrected chi connectivity index (χ0v) is 17.6. The van der Waals surface area contributed by atoms with Crippen molar-refractivity contribution in [2.75, 3.05) is 36.8 Å². The first-order chi connectivity index (χ1) is 14.4. The van der Waals surface area contributed by atoms with Crippen LogP contribution in [0.2, 0.25) is 5.02 Å². The highest BCUT2D eigenvalue weighted by atomic mass is 35.5. The van der Waals surface area contributed by atoms with E-state index in [0.29, 0.717) is 48.5 Å². The Kier molecular flexibility index (Phi) is 5.76. The first-order valence-corrected chi connectivity index (χ1v) is 11.1. The molecule has 2 heterocycles. The molecule has 1 aliphatic heterocycles. The van der Waals surface area contributed by atoms with Crippen LogP contribution in [0.4, 0.5) is 11.8 Å². The molecule has 10 heteroatoms. The Bertz CT molecular complexity index is 1120. The van der Waals surface area contributed by atoms with Crippen LogP contribution >= 0.6 is 11.6 Å². The molecule has 0 spiro atoms. The summed E-state index contributed by atoms with van der Waals surface area (Å²) in [4.78, 5) is 10.6. The first kappa shape index (κ1) is 20.4. The summed E-state index contributed by atoms with van der Waals surface area (Å²) in [5.74, 6) is 1.66. The van der Waals surface area contributed by atoms with Gasteiger partial charge in [-0.05, 0) is 36.4 Å². The Hall–Kier alpha value is -2.88. The number of ether oxygens (including phenoxy) is 1. The molecule has 1 fully saturated rings. The molecule has 0 amide bonds. The molecule has 156 valence electrons. The molecule has 4 rings (SSSR count). The number of hydrogen-bond donors (Lipinski definition) is 1. The quantitative estimate of drug-likeness (QED) is 0.644. The summed E-state index contributed by atoms with van der Waals surface area (Å²) in [5.41, 5.74) is 5.79. The van der Waals surface area contributed by atoms with Crippen LogP contribution in [0.5, 0.6) is 11.5 Å². The molecule has 1 saturated heterocycles. The van der Waals surface area contributed by atoms with Crippen LogP contribution in [0, 0.1) is 0 Å². The lowest BCUT2D eigenvalue weighted by molar-refractivity contribution is 0.381. The van der Waals surface area contributed by atoms with Crippen molar-refractivity contribution >= 4 is 33.4 Å². The molecule has 1 aliphatic rings. The van der Waals surface area contributed by atoms with Crippen LogP contribution in [-0.4, -0.2) is 48.9 Å². The summed E-state index contributed by atoms with van der Waals surface area (Å²) in [6.07, 6.45) is 1.51. The number of piperazine rings is 1. The van der Waals surface area contributed by atoms with Gasteiger partial charge in [-0.1, -0.05) is 29.8 Å². The number of hydrogen-bond acceptors (Lipinski definition) is 7. The van der Waals surface area contributed by atoms with Crippen molar-refractivity contribution in [2.45, 2.75) is 4.90 Å². The maximum Gasteiger partial charge on any atom is 0.243 e. The molecule has 0 bridgehead atoms. The molecular formula is C20H20ClN5O3S. The molecule has 0 radical (unpaired) electrons. The molecule has 2 aromatic carbocycles. The lowest BCUT2D eigenvalue weighted by Gasteiger charge is -2.35. The van der Waals surface area contributed by atoms with Gasteiger partial charge >= 0.3 is 0 Å². The van der Waals surface area contributed by atoms with Crippen LogP contribution < -0.4 is 15.4 Å². The molecule has 1 aromatic heterocycles. The number of anilines is 2. The number of halogens is 1. The van der Waals surface area contributed by atoms with Crippen LogP contribution in [-0.2, 0) is 10.0 Å². The van der Waals surface area contributed by atoms with Crippen LogP contribution in [0.15, 0.2) is 65.7 Å². The lowest BCUT2D eigenvalue weighted by atomic mass is 10.3. The fraction of sp³-hybridized carbons (Fsp3) is 0.200. The number of nitrogen functional groups attached to an aromatic ring is 1. The SMILES string of the molecule is Nc1ncc(Oc2ccc(Cl)cc2)c(N2CCN(S(=O)(=O)c3ccccc3)CC2)n1. The Morgan fingerprint density at radius 2 is 1.63 bits per heavy atom. The molecule has 3 aromatic rings. The van der Waals surface area contributed by atoms with Crippen molar-refractivity contribution in [3.8, 4) is 11.5 Å². The summed E-state index contributed by atoms with van der Waals surface area (Å²) < 4.78 is 33.1. The van der Waals surface area contributed by atoms with E-state index in [1.807, 2.05) is 4.90 Å². The van der Waals surface area contributed by atoms with Crippen molar-refractivity contribution in [1.82, 2.24) is 14.3 Å². The molecule has 30 heavy (non-hydrogen) atoms. The highest BCUT2D eigenvalue weighted by molar-refractivity contribution is 7.89. The second-order valence-corrected chi connectivity index (χ2v) is 9.05. The zero-order chi connectivity index (χ0) is 21.1. The van der Waals surface area contributed by atoms with Gasteiger partial charge in [0.1, 0.15) is 5.75 Å². The van der Waals surface area contributed by atoms with Crippen molar-refractivity contribution < 1.29 is 13.2 Å². The van der Waals surface area contributed by atoms with Crippen molar-refractivity contribution in [1.29, 1.82) is 0 Å². The highest BCUT2D eigenvalue weighted by Crippen LogP contribution is 2.32. The van der Waals surface area contributed by atoms with Crippen molar-refractivity contribution in [2.24, 2.45) is 0 Å². The first-order valence-electron chi connectivity index (χ1n) is 9.29. The number of sulfonamides is 1. The predicted molar refractivity (Wildman–Crippen MR) is 115 cm³/mol. The summed E-state index contributed by atoms with van der Waals surface area (Å²) >= 11 is 5.92. The van der Waals surface area contributed by atoms with E-state index in [-0.39, 0.29) is 10.8 Å². The fourth-order valence-electron chi connectivity index (χ4n) is 3.18. The zero-order valence-electron chi connectivity index (χ0n) is 16.0. The summed E-state index contributed by atoms with van der Waals surface area (Å²) in [6, 6.07) is 15.4. The van der Waals surface area contributed by atoms with Gasteiger partial charge in [0, 0.05) is 31.2 Å². The van der Waals surface area contributed by atoms with E-state index in [1.165, 1.54) is 10.5 Å². The van der Waals surface area contributed by atoms with Gasteiger partial charge in [0.05, 0.1) is 11.1 Å². The average molecular weight is 446 g/mol. The summed E-state index contributed by atoms with van der Waals surface area (Å²) in [5, 5.41) is 0.604. The van der Waals surface area contributed by atoms with E-state index < -0.39 is 10.0 Å². The topological polar surface area (TPSA) is 102 Å². The molecule has 8 nitrogen and oxygen atoms in total. The van der Waals surface area contributed by atoms with Gasteiger partial charge in [-0.25, -0.2) is 13.4 Å². The van der Waals surface area contributed by atoms with Crippen molar-refractivity contribution in [3.05, 3.63) is 65.8 Å². The smallest absolute Gasteiger partial charge is 0.243 e. The number of aromatic nitrogens is 2. The second-order valence-electron chi connectivity index (χ2n) is 6.68. The van der Waals surface area contributed by atoms with E-state index in [4.69, 9.17) is 22.1 Å². The van der Waals surface area contributed by atoms with E-state index in [2.05, 4.69) is 9.97 Å². The average Bonchev–Trinajstić information content (AvgIpc) is 2.77. The normalized spacial score (nSPS) is 15.2. The van der Waals surface area contributed by atoms with Gasteiger partial charge in [-0.15, -0.1) is 0 Å². The minimum absolute atomic E-state index is 0.118. The number of nitrogens with two attached hydrogens (primary N) is 1. The minimum Gasteiger partial charge on any atom is -0.452 e. The summed E-state index contributed by atoms with van der Waals surface area (Å²) in [7, 11) is -3.53. The molecular weight excluding hydrogens is 426 g/mol. The molecule has 0 atom stereocenters. The largest absolute Gasteiger partial charge is 0.452 e. The Labute approximate surface area is 179 Å². The Balaban J connectivity index is 1.52. The predicted octanol–water partition coefficient (Wildman–Crippen LogP) is 3.02. The monoisotopic (exact) mass is 445 g/mol. The molecule has 0 unspecified atom stereocenters. The Morgan fingerprint density at radius 3 is 2.30 bits per heavy atom. The van der Waals surface area contributed by atoms with Gasteiger partial charge in [0.15, 0.2) is 11.6 Å². The van der Waals surface area contributed by atoms with Gasteiger partial charge < -0.3 is 15.4 Å². The third kappa shape index (κ3) is 4.33. The molecule has 2 N–H and O–H groups in total. The lowest BCUT2D eigenvalue weighted by Crippen LogP contribution is -2.49. The summed E-state index contributed by atoms with van der Waals surface area (Å²) in [6.45, 7) is 1.53. The number of nitrogens with zero attached hydrogens (tertiary/aromatic N) is 4. The van der Waals surface area contributed by atoms with Crippen molar-refractivity contribution in [3.63, 3.8) is 0 Å². The van der Waals surface area contributed by atoms with E-state index >= 15 is 0 Å². The maximum atomic E-state index is 12.8. The third-order valence-electron chi connectivity index (χ3n) is 4.72. The third-order valence-corrected chi connectivity index (χ3v) is 6.88. The van der Waals surface area contributed by atoms with Gasteiger partial charge in [0.2, 0.25) is 16.0 Å². The van der Waals surface area contributed by atoms with Crippen LogP contribution in [0.25, 0.3) is 0 Å². The molecule has 0 aliphatic carbocycles. The Morgan fingerprint density at radius 1 is 0.967 bits per heavy atom. The maximum absolute atomic E-state index is 12.8. The van der Waals surface area contributed by atoms with Crippen LogP contribution in [0.1, 0.15) is 0 Å². The fourth-order valence-corrected chi connectivity index (χ4v) is 4.75. The molecule has 0 saturated carbocycles. The van der Waals surface area contributed by atoms with Crippen LogP contribution in [0.3, 0.4) is 0 Å². The van der Waals surface area contributed by atoms with Gasteiger partial charge in [-0.3, -0.25) is 0 Å². The van der Waals surface area contributed by atoms with E-state index in [0.717, 1.165) is 0 Å². The van der Waals surface area contributed by atoms with Gasteiger partial charge in [0.25, 0.3) is 0 Å².